The van der Waals surface area contributed by atoms with Gasteiger partial charge in [-0.25, -0.2) is 9.78 Å². The van der Waals surface area contributed by atoms with Crippen LogP contribution >= 0.6 is 11.3 Å². The van der Waals surface area contributed by atoms with Gasteiger partial charge in [0.05, 0.1) is 0 Å². The van der Waals surface area contributed by atoms with Gasteiger partial charge in [-0.3, -0.25) is 5.32 Å². The van der Waals surface area contributed by atoms with E-state index in [0.29, 0.717) is 11.3 Å². The number of benzene rings is 2. The smallest absolute Gasteiger partial charge is 0.308 e. The Morgan fingerprint density at radius 3 is 2.27 bits per heavy atom. The molecule has 3 aromatic rings. The normalized spacial score (nSPS) is 11.2. The van der Waals surface area contributed by atoms with Crippen molar-refractivity contribution < 1.29 is 18.0 Å². The number of hydrogen-bond donors (Lipinski definition) is 2. The lowest BCUT2D eigenvalue weighted by molar-refractivity contribution is -0.140. The first-order valence-corrected chi connectivity index (χ1v) is 8.43. The van der Waals surface area contributed by atoms with Crippen LogP contribution in [0.1, 0.15) is 11.3 Å². The molecule has 3 rings (SSSR count). The van der Waals surface area contributed by atoms with Gasteiger partial charge >= 0.3 is 12.2 Å². The van der Waals surface area contributed by atoms with Gasteiger partial charge in [-0.2, -0.15) is 13.2 Å². The Morgan fingerprint density at radius 1 is 1.00 bits per heavy atom. The molecular formula is C18H14F3N3OS. The van der Waals surface area contributed by atoms with Crippen molar-refractivity contribution in [3.8, 4) is 10.6 Å². The fraction of sp³-hybridized carbons (Fsp3) is 0.111. The second-order valence-electron chi connectivity index (χ2n) is 5.51. The lowest BCUT2D eigenvalue weighted by atomic mass is 10.2. The monoisotopic (exact) mass is 377 g/mol. The van der Waals surface area contributed by atoms with Gasteiger partial charge in [-0.15, -0.1) is 0 Å². The Morgan fingerprint density at radius 2 is 1.65 bits per heavy atom. The van der Waals surface area contributed by atoms with Crippen LogP contribution in [0.5, 0.6) is 0 Å². The Kier molecular flexibility index (Phi) is 4.94. The number of nitrogens with one attached hydrogen (secondary N) is 2. The second kappa shape index (κ2) is 7.17. The van der Waals surface area contributed by atoms with Crippen molar-refractivity contribution in [3.63, 3.8) is 0 Å². The number of alkyl halides is 3. The highest BCUT2D eigenvalue weighted by molar-refractivity contribution is 7.19. The molecule has 2 N–H and O–H groups in total. The van der Waals surface area contributed by atoms with Crippen LogP contribution in [0.3, 0.4) is 0 Å². The maximum Gasteiger partial charge on any atom is 0.436 e. The van der Waals surface area contributed by atoms with E-state index in [1.165, 1.54) is 0 Å². The van der Waals surface area contributed by atoms with Gasteiger partial charge in [-0.05, 0) is 19.1 Å². The number of halogens is 3. The number of para-hydroxylation sites is 1. The predicted molar refractivity (Wildman–Crippen MR) is 96.4 cm³/mol. The molecule has 0 fully saturated rings. The third-order valence-electron chi connectivity index (χ3n) is 3.45. The van der Waals surface area contributed by atoms with Gasteiger partial charge in [-0.1, -0.05) is 59.4 Å². The van der Waals surface area contributed by atoms with E-state index in [1.807, 2.05) is 6.92 Å². The minimum absolute atomic E-state index is 0.187. The number of carbonyl (C=O) groups is 1. The molecule has 134 valence electrons. The molecule has 0 saturated carbocycles. The summed E-state index contributed by atoms with van der Waals surface area (Å²) in [6.07, 6.45) is -4.67. The molecule has 4 nitrogen and oxygen atoms in total. The molecule has 2 amide bonds. The number of urea groups is 1. The van der Waals surface area contributed by atoms with E-state index in [0.717, 1.165) is 16.9 Å². The zero-order valence-corrected chi connectivity index (χ0v) is 14.4. The van der Waals surface area contributed by atoms with Gasteiger partial charge in [0.2, 0.25) is 0 Å². The zero-order chi connectivity index (χ0) is 18.7. The third-order valence-corrected chi connectivity index (χ3v) is 4.47. The Labute approximate surface area is 151 Å². The molecule has 8 heteroatoms. The molecule has 0 atom stereocenters. The summed E-state index contributed by atoms with van der Waals surface area (Å²) >= 11 is 0.781. The lowest BCUT2D eigenvalue weighted by Crippen LogP contribution is -2.21. The molecule has 0 saturated heterocycles. The molecule has 0 aliphatic carbocycles. The number of thiazole rings is 1. The van der Waals surface area contributed by atoms with E-state index in [9.17, 15) is 18.0 Å². The number of anilines is 2. The summed E-state index contributed by atoms with van der Waals surface area (Å²) < 4.78 is 39.9. The predicted octanol–water partition coefficient (Wildman–Crippen LogP) is 5.78. The summed E-state index contributed by atoms with van der Waals surface area (Å²) in [5.74, 6) is 0. The maximum atomic E-state index is 13.3. The maximum absolute atomic E-state index is 13.3. The largest absolute Gasteiger partial charge is 0.436 e. The minimum Gasteiger partial charge on any atom is -0.308 e. The standard InChI is InChI=1S/C18H14F3N3OS/c1-11-7-9-12(10-8-11)15-23-14(18(19,20)21)16(26-15)24-17(25)22-13-5-3-2-4-6-13/h2-10H,1H3,(H2,22,24,25). The second-order valence-corrected chi connectivity index (χ2v) is 6.50. The Balaban J connectivity index is 1.87. The number of rotatable bonds is 3. The van der Waals surface area contributed by atoms with E-state index in [4.69, 9.17) is 0 Å². The fourth-order valence-electron chi connectivity index (χ4n) is 2.20. The summed E-state index contributed by atoms with van der Waals surface area (Å²) in [7, 11) is 0. The molecule has 0 radical (unpaired) electrons. The van der Waals surface area contributed by atoms with Crippen molar-refractivity contribution in [3.05, 3.63) is 65.9 Å². The van der Waals surface area contributed by atoms with Crippen molar-refractivity contribution in [1.29, 1.82) is 0 Å². The average Bonchev–Trinajstić information content (AvgIpc) is 3.00. The van der Waals surface area contributed by atoms with Crippen LogP contribution < -0.4 is 10.6 Å². The Hall–Kier alpha value is -2.87. The van der Waals surface area contributed by atoms with E-state index in [2.05, 4.69) is 15.6 Å². The number of amides is 2. The van der Waals surface area contributed by atoms with Gasteiger partial charge in [0.25, 0.3) is 0 Å². The van der Waals surface area contributed by atoms with Crippen molar-refractivity contribution in [2.75, 3.05) is 10.6 Å². The summed E-state index contributed by atoms with van der Waals surface area (Å²) in [5.41, 5.74) is 0.910. The summed E-state index contributed by atoms with van der Waals surface area (Å²) in [5, 5.41) is 4.58. The summed E-state index contributed by atoms with van der Waals surface area (Å²) in [6.45, 7) is 1.88. The van der Waals surface area contributed by atoms with E-state index in [-0.39, 0.29) is 10.0 Å². The van der Waals surface area contributed by atoms with Crippen LogP contribution in [0.15, 0.2) is 54.6 Å². The molecule has 1 aromatic heterocycles. The van der Waals surface area contributed by atoms with Gasteiger partial charge in [0.1, 0.15) is 10.0 Å². The van der Waals surface area contributed by atoms with Crippen LogP contribution in [0.2, 0.25) is 0 Å². The topological polar surface area (TPSA) is 54.0 Å². The molecule has 0 aliphatic heterocycles. The van der Waals surface area contributed by atoms with Crippen LogP contribution in [0.4, 0.5) is 28.7 Å². The summed E-state index contributed by atoms with van der Waals surface area (Å²) in [4.78, 5) is 15.7. The average molecular weight is 377 g/mol. The van der Waals surface area contributed by atoms with Crippen LogP contribution in [-0.2, 0) is 6.18 Å². The van der Waals surface area contributed by atoms with Crippen LogP contribution in [-0.4, -0.2) is 11.0 Å². The quantitative estimate of drug-likeness (QED) is 0.608. The molecule has 26 heavy (non-hydrogen) atoms. The van der Waals surface area contributed by atoms with Crippen molar-refractivity contribution in [2.45, 2.75) is 13.1 Å². The van der Waals surface area contributed by atoms with Crippen LogP contribution in [0.25, 0.3) is 10.6 Å². The van der Waals surface area contributed by atoms with E-state index >= 15 is 0 Å². The Bertz CT molecular complexity index is 906. The van der Waals surface area contributed by atoms with Crippen molar-refractivity contribution >= 4 is 28.1 Å². The van der Waals surface area contributed by atoms with Gasteiger partial charge in [0.15, 0.2) is 5.69 Å². The number of hydrogen-bond acceptors (Lipinski definition) is 3. The molecule has 0 spiro atoms. The molecule has 0 unspecified atom stereocenters. The number of nitrogens with zero attached hydrogens (tertiary/aromatic N) is 1. The highest BCUT2D eigenvalue weighted by Crippen LogP contribution is 2.41. The summed E-state index contributed by atoms with van der Waals surface area (Å²) in [6, 6.07) is 14.7. The third kappa shape index (κ3) is 4.20. The van der Waals surface area contributed by atoms with Gasteiger partial charge < -0.3 is 5.32 Å². The molecule has 0 bridgehead atoms. The van der Waals surface area contributed by atoms with E-state index in [1.54, 1.807) is 54.6 Å². The highest BCUT2D eigenvalue weighted by atomic mass is 32.1. The minimum atomic E-state index is -4.67. The fourth-order valence-corrected chi connectivity index (χ4v) is 3.19. The first-order chi connectivity index (χ1) is 12.3. The molecule has 2 aromatic carbocycles. The van der Waals surface area contributed by atoms with Crippen molar-refractivity contribution in [1.82, 2.24) is 4.98 Å². The molecule has 0 aliphatic rings. The number of aromatic nitrogens is 1. The molecular weight excluding hydrogens is 363 g/mol. The van der Waals surface area contributed by atoms with Crippen LogP contribution in [0, 0.1) is 6.92 Å². The molecule has 1 heterocycles. The lowest BCUT2D eigenvalue weighted by Gasteiger charge is -2.08. The zero-order valence-electron chi connectivity index (χ0n) is 13.6. The first-order valence-electron chi connectivity index (χ1n) is 7.61. The first kappa shape index (κ1) is 17.9. The SMILES string of the molecule is Cc1ccc(-c2nc(C(F)(F)F)c(NC(=O)Nc3ccccc3)s2)cc1. The number of aryl methyl sites for hydroxylation is 1. The van der Waals surface area contributed by atoms with Gasteiger partial charge in [0, 0.05) is 11.3 Å². The highest BCUT2D eigenvalue weighted by Gasteiger charge is 2.38. The van der Waals surface area contributed by atoms with Crippen molar-refractivity contribution in [2.24, 2.45) is 0 Å². The van der Waals surface area contributed by atoms with E-state index < -0.39 is 17.9 Å². The number of carbonyl (C=O) groups excluding carboxylic acids is 1.